The highest BCUT2D eigenvalue weighted by Gasteiger charge is 2.55. The van der Waals surface area contributed by atoms with E-state index in [9.17, 15) is 20.4 Å². The number of aliphatic hydroxyl groups is 4. The predicted molar refractivity (Wildman–Crippen MR) is 115 cm³/mol. The summed E-state index contributed by atoms with van der Waals surface area (Å²) in [4.78, 5) is 0. The van der Waals surface area contributed by atoms with Gasteiger partial charge in [0.2, 0.25) is 5.79 Å². The van der Waals surface area contributed by atoms with Crippen LogP contribution in [0.1, 0.15) is 16.7 Å². The van der Waals surface area contributed by atoms with Gasteiger partial charge >= 0.3 is 0 Å². The maximum atomic E-state index is 10.8. The van der Waals surface area contributed by atoms with Crippen LogP contribution in [0.5, 0.6) is 5.75 Å². The molecule has 0 saturated carbocycles. The largest absolute Gasteiger partial charge is 0.488 e. The zero-order valence-corrected chi connectivity index (χ0v) is 17.9. The Hall–Kier alpha value is -1.97. The molecule has 3 rings (SSSR count). The fraction of sp³-hybridized carbons (Fsp3) is 0.391. The molecular weight excluding hydrogens is 424 g/mol. The molecule has 1 heterocycles. The molecule has 0 aromatic heterocycles. The van der Waals surface area contributed by atoms with Crippen LogP contribution >= 0.6 is 11.6 Å². The zero-order chi connectivity index (χ0) is 22.6. The Morgan fingerprint density at radius 2 is 1.87 bits per heavy atom. The van der Waals surface area contributed by atoms with Crippen molar-refractivity contribution < 1.29 is 34.6 Å². The molecule has 4 N–H and O–H groups in total. The van der Waals surface area contributed by atoms with Crippen molar-refractivity contribution >= 4 is 11.6 Å². The van der Waals surface area contributed by atoms with Crippen molar-refractivity contribution in [3.8, 4) is 5.75 Å². The van der Waals surface area contributed by atoms with Crippen molar-refractivity contribution in [3.63, 3.8) is 0 Å². The summed E-state index contributed by atoms with van der Waals surface area (Å²) in [6, 6.07) is 12.9. The van der Waals surface area contributed by atoms with Crippen molar-refractivity contribution in [2.24, 2.45) is 0 Å². The first-order chi connectivity index (χ1) is 14.9. The van der Waals surface area contributed by atoms with Crippen molar-refractivity contribution in [1.29, 1.82) is 0 Å². The Balaban J connectivity index is 2.13. The summed E-state index contributed by atoms with van der Waals surface area (Å²) in [7, 11) is 1.30. The van der Waals surface area contributed by atoms with E-state index in [0.717, 1.165) is 5.56 Å². The molecule has 0 radical (unpaired) electrons. The minimum atomic E-state index is -1.87. The van der Waals surface area contributed by atoms with Gasteiger partial charge in [-0.3, -0.25) is 0 Å². The number of methoxy groups -OCH3 is 1. The molecule has 2 aromatic carbocycles. The fourth-order valence-electron chi connectivity index (χ4n) is 3.72. The molecule has 2 aromatic rings. The molecule has 1 aliphatic heterocycles. The van der Waals surface area contributed by atoms with Crippen molar-refractivity contribution in [3.05, 3.63) is 76.8 Å². The van der Waals surface area contributed by atoms with Gasteiger partial charge in [-0.1, -0.05) is 54.6 Å². The molecule has 1 fully saturated rings. The van der Waals surface area contributed by atoms with E-state index in [4.69, 9.17) is 25.8 Å². The smallest absolute Gasteiger partial charge is 0.224 e. The Morgan fingerprint density at radius 1 is 1.16 bits per heavy atom. The second-order valence-electron chi connectivity index (χ2n) is 7.35. The summed E-state index contributed by atoms with van der Waals surface area (Å²) in [6.07, 6.45) is -3.90. The van der Waals surface area contributed by atoms with Gasteiger partial charge in [-0.15, -0.1) is 0 Å². The van der Waals surface area contributed by atoms with Gasteiger partial charge in [0.15, 0.2) is 0 Å². The van der Waals surface area contributed by atoms with Gasteiger partial charge < -0.3 is 34.6 Å². The van der Waals surface area contributed by atoms with Gasteiger partial charge in [0.1, 0.15) is 36.8 Å². The lowest BCUT2D eigenvalue weighted by Gasteiger charge is -2.47. The Labute approximate surface area is 186 Å². The molecule has 5 atom stereocenters. The number of benzene rings is 2. The van der Waals surface area contributed by atoms with Crippen LogP contribution in [-0.4, -0.2) is 65.2 Å². The van der Waals surface area contributed by atoms with Gasteiger partial charge in [0.25, 0.3) is 0 Å². The number of hydrogen-bond acceptors (Lipinski definition) is 7. The van der Waals surface area contributed by atoms with Gasteiger partial charge in [-0.05, 0) is 29.7 Å². The highest BCUT2D eigenvalue weighted by atomic mass is 35.5. The fourth-order valence-corrected chi connectivity index (χ4v) is 3.95. The van der Waals surface area contributed by atoms with Gasteiger partial charge in [-0.25, -0.2) is 0 Å². The number of halogens is 1. The van der Waals surface area contributed by atoms with E-state index in [0.29, 0.717) is 28.3 Å². The van der Waals surface area contributed by atoms with Crippen LogP contribution in [0.3, 0.4) is 0 Å². The lowest BCUT2D eigenvalue weighted by molar-refractivity contribution is -0.366. The van der Waals surface area contributed by atoms with Crippen LogP contribution < -0.4 is 4.74 Å². The van der Waals surface area contributed by atoms with E-state index < -0.39 is 36.8 Å². The third-order valence-electron chi connectivity index (χ3n) is 5.36. The summed E-state index contributed by atoms with van der Waals surface area (Å²) < 4.78 is 17.1. The standard InChI is InChI=1S/C23H27ClO7/c1-3-9-30-17-12-16(11-15(19(17)24)10-14-7-5-4-6-8-14)23(29-2)22(28)21(27)20(26)18(13-25)31-23/h3-8,11-12,18,20-22,25-28H,1,9-10,13H2,2H3/t18-,20-,21+,22-,23-/m1/s1. The lowest BCUT2D eigenvalue weighted by Crippen LogP contribution is -2.64. The van der Waals surface area contributed by atoms with E-state index in [2.05, 4.69) is 6.58 Å². The molecule has 8 heteroatoms. The minimum Gasteiger partial charge on any atom is -0.488 e. The SMILES string of the molecule is C=CCOc1cc([C@@]2(OC)O[C@H](CO)[C@@H](O)[C@H](O)[C@H]2O)cc(Cc2ccccc2)c1Cl. The summed E-state index contributed by atoms with van der Waals surface area (Å²) >= 11 is 6.61. The summed E-state index contributed by atoms with van der Waals surface area (Å²) in [5.41, 5.74) is 2.00. The molecule has 1 aliphatic rings. The summed E-state index contributed by atoms with van der Waals surface area (Å²) in [5, 5.41) is 41.3. The van der Waals surface area contributed by atoms with Crippen molar-refractivity contribution in [1.82, 2.24) is 0 Å². The van der Waals surface area contributed by atoms with Crippen molar-refractivity contribution in [2.45, 2.75) is 36.6 Å². The van der Waals surface area contributed by atoms with E-state index >= 15 is 0 Å². The van der Waals surface area contributed by atoms with Crippen LogP contribution in [0, 0.1) is 0 Å². The second-order valence-corrected chi connectivity index (χ2v) is 7.72. The third kappa shape index (κ3) is 4.63. The molecule has 7 nitrogen and oxygen atoms in total. The quantitative estimate of drug-likeness (QED) is 0.454. The Bertz CT molecular complexity index is 889. The summed E-state index contributed by atoms with van der Waals surface area (Å²) in [5.74, 6) is -1.55. The van der Waals surface area contributed by atoms with E-state index in [1.165, 1.54) is 7.11 Å². The molecule has 168 valence electrons. The first-order valence-electron chi connectivity index (χ1n) is 9.86. The number of aliphatic hydroxyl groups excluding tert-OH is 4. The molecule has 1 saturated heterocycles. The molecule has 0 amide bonds. The Morgan fingerprint density at radius 3 is 2.48 bits per heavy atom. The molecule has 31 heavy (non-hydrogen) atoms. The highest BCUT2D eigenvalue weighted by molar-refractivity contribution is 6.32. The van der Waals surface area contributed by atoms with Crippen LogP contribution in [0.25, 0.3) is 0 Å². The maximum absolute atomic E-state index is 10.8. The number of ether oxygens (including phenoxy) is 3. The zero-order valence-electron chi connectivity index (χ0n) is 17.1. The minimum absolute atomic E-state index is 0.192. The van der Waals surface area contributed by atoms with Gasteiger partial charge in [0, 0.05) is 12.7 Å². The molecular formula is C23H27ClO7. The highest BCUT2D eigenvalue weighted by Crippen LogP contribution is 2.43. The van der Waals surface area contributed by atoms with Crippen LogP contribution in [0.15, 0.2) is 55.1 Å². The van der Waals surface area contributed by atoms with Crippen LogP contribution in [-0.2, 0) is 21.7 Å². The molecule has 0 aliphatic carbocycles. The average molecular weight is 451 g/mol. The number of hydrogen-bond donors (Lipinski definition) is 4. The second kappa shape index (κ2) is 10.1. The predicted octanol–water partition coefficient (Wildman–Crippen LogP) is 1.77. The summed E-state index contributed by atoms with van der Waals surface area (Å²) in [6.45, 7) is 3.25. The lowest BCUT2D eigenvalue weighted by atomic mass is 9.86. The third-order valence-corrected chi connectivity index (χ3v) is 5.79. The average Bonchev–Trinajstić information content (AvgIpc) is 2.79. The molecule has 0 spiro atoms. The Kier molecular flexibility index (Phi) is 7.72. The van der Waals surface area contributed by atoms with Crippen LogP contribution in [0.4, 0.5) is 0 Å². The van der Waals surface area contributed by atoms with Gasteiger partial charge in [0.05, 0.1) is 11.6 Å². The molecule has 0 unspecified atom stereocenters. The van der Waals surface area contributed by atoms with Crippen molar-refractivity contribution in [2.75, 3.05) is 20.3 Å². The first kappa shape index (κ1) is 23.7. The van der Waals surface area contributed by atoms with E-state index in [1.807, 2.05) is 30.3 Å². The topological polar surface area (TPSA) is 109 Å². The van der Waals surface area contributed by atoms with E-state index in [-0.39, 0.29) is 6.61 Å². The maximum Gasteiger partial charge on any atom is 0.224 e. The monoisotopic (exact) mass is 450 g/mol. The van der Waals surface area contributed by atoms with Crippen LogP contribution in [0.2, 0.25) is 5.02 Å². The first-order valence-corrected chi connectivity index (χ1v) is 10.2. The normalized spacial score (nSPS) is 28.3. The van der Waals surface area contributed by atoms with E-state index in [1.54, 1.807) is 18.2 Å². The van der Waals surface area contributed by atoms with Gasteiger partial charge in [-0.2, -0.15) is 0 Å². The molecule has 0 bridgehead atoms. The number of rotatable bonds is 8.